The second kappa shape index (κ2) is 1.54. The molecular formula is C5H7NO3. The number of rotatable bonds is 1. The minimum absolute atomic E-state index is 0.921. The molecule has 0 bridgehead atoms. The summed E-state index contributed by atoms with van der Waals surface area (Å²) in [5.74, 6) is -1.09. The van der Waals surface area contributed by atoms with E-state index in [9.17, 15) is 4.79 Å². The fourth-order valence-corrected chi connectivity index (χ4v) is 0.547. The maximum Gasteiger partial charge on any atom is 0.334 e. The van der Waals surface area contributed by atoms with Crippen molar-refractivity contribution in [1.82, 2.24) is 0 Å². The van der Waals surface area contributed by atoms with E-state index in [1.165, 1.54) is 13.1 Å². The molecule has 9 heavy (non-hydrogen) atoms. The van der Waals surface area contributed by atoms with E-state index >= 15 is 0 Å². The summed E-state index contributed by atoms with van der Waals surface area (Å²) in [5, 5.41) is 17.2. The summed E-state index contributed by atoms with van der Waals surface area (Å²) in [7, 11) is 0. The Labute approximate surface area is 51.8 Å². The fraction of sp³-hybridized carbons (Fsp3) is 0.600. The van der Waals surface area contributed by atoms with Gasteiger partial charge in [-0.1, -0.05) is 0 Å². The van der Waals surface area contributed by atoms with Crippen molar-refractivity contribution in [2.45, 2.75) is 18.6 Å². The summed E-state index contributed by atoms with van der Waals surface area (Å²) in [5.41, 5.74) is -1.28. The lowest BCUT2D eigenvalue weighted by molar-refractivity contribution is -0.146. The van der Waals surface area contributed by atoms with Crippen molar-refractivity contribution >= 4 is 12.2 Å². The lowest BCUT2D eigenvalue weighted by Crippen LogP contribution is -2.52. The zero-order valence-corrected chi connectivity index (χ0v) is 4.90. The molecule has 0 fully saturated rings. The Bertz CT molecular complexity index is 177. The van der Waals surface area contributed by atoms with E-state index in [2.05, 4.69) is 4.99 Å². The van der Waals surface area contributed by atoms with Gasteiger partial charge in [0.15, 0.2) is 5.54 Å². The van der Waals surface area contributed by atoms with E-state index in [1.54, 1.807) is 0 Å². The fourth-order valence-electron chi connectivity index (χ4n) is 0.547. The summed E-state index contributed by atoms with van der Waals surface area (Å²) in [6, 6.07) is 0. The highest BCUT2D eigenvalue weighted by Gasteiger charge is 2.45. The maximum absolute atomic E-state index is 10.2. The average Bonchev–Trinajstić information content (AvgIpc) is 1.82. The number of hydrogen-bond acceptors (Lipinski definition) is 3. The molecule has 0 aromatic heterocycles. The first-order valence-electron chi connectivity index (χ1n) is 2.54. The van der Waals surface area contributed by atoms with Crippen molar-refractivity contribution in [2.75, 3.05) is 0 Å². The first kappa shape index (κ1) is 6.22. The van der Waals surface area contributed by atoms with Crippen molar-refractivity contribution in [1.29, 1.82) is 0 Å². The Morgan fingerprint density at radius 1 is 1.89 bits per heavy atom. The summed E-state index contributed by atoms with van der Waals surface area (Å²) < 4.78 is 0. The van der Waals surface area contributed by atoms with Crippen LogP contribution in [-0.4, -0.2) is 34.0 Å². The third-order valence-electron chi connectivity index (χ3n) is 1.49. The zero-order chi connectivity index (χ0) is 7.07. The molecule has 1 aliphatic rings. The minimum atomic E-state index is -1.28. The van der Waals surface area contributed by atoms with E-state index in [0.717, 1.165) is 0 Å². The molecule has 1 rings (SSSR count). The van der Waals surface area contributed by atoms with Crippen LogP contribution in [0.3, 0.4) is 0 Å². The van der Waals surface area contributed by atoms with Crippen LogP contribution in [0.1, 0.15) is 6.92 Å². The van der Waals surface area contributed by atoms with Crippen LogP contribution >= 0.6 is 0 Å². The molecule has 0 aromatic carbocycles. The van der Waals surface area contributed by atoms with Crippen LogP contribution in [0.2, 0.25) is 0 Å². The molecule has 1 heterocycles. The number of aliphatic carboxylic acids is 1. The van der Waals surface area contributed by atoms with E-state index < -0.39 is 17.6 Å². The molecule has 1 aliphatic heterocycles. The molecule has 0 saturated carbocycles. The monoisotopic (exact) mass is 129 g/mol. The summed E-state index contributed by atoms with van der Waals surface area (Å²) in [4.78, 5) is 13.7. The third-order valence-corrected chi connectivity index (χ3v) is 1.49. The number of nitrogens with zero attached hydrogens (tertiary/aromatic N) is 1. The summed E-state index contributed by atoms with van der Waals surface area (Å²) >= 11 is 0. The topological polar surface area (TPSA) is 69.9 Å². The van der Waals surface area contributed by atoms with Crippen molar-refractivity contribution in [3.8, 4) is 0 Å². The normalized spacial score (nSPS) is 40.0. The molecule has 0 spiro atoms. The molecule has 2 unspecified atom stereocenters. The second-order valence-corrected chi connectivity index (χ2v) is 2.18. The molecule has 2 N–H and O–H groups in total. The van der Waals surface area contributed by atoms with Crippen LogP contribution in [0.15, 0.2) is 4.99 Å². The predicted molar refractivity (Wildman–Crippen MR) is 30.5 cm³/mol. The average molecular weight is 129 g/mol. The van der Waals surface area contributed by atoms with Gasteiger partial charge in [0.05, 0.1) is 0 Å². The van der Waals surface area contributed by atoms with Gasteiger partial charge in [0.25, 0.3) is 0 Å². The Kier molecular flexibility index (Phi) is 1.06. The van der Waals surface area contributed by atoms with Gasteiger partial charge >= 0.3 is 5.97 Å². The van der Waals surface area contributed by atoms with E-state index in [4.69, 9.17) is 10.2 Å². The van der Waals surface area contributed by atoms with Gasteiger partial charge in [-0.25, -0.2) is 4.79 Å². The zero-order valence-electron chi connectivity index (χ0n) is 4.90. The molecule has 4 heteroatoms. The number of aliphatic hydroxyl groups excluding tert-OH is 1. The lowest BCUT2D eigenvalue weighted by Gasteiger charge is -2.30. The van der Waals surface area contributed by atoms with Crippen molar-refractivity contribution in [3.63, 3.8) is 0 Å². The molecule has 4 nitrogen and oxygen atoms in total. The van der Waals surface area contributed by atoms with Crippen molar-refractivity contribution in [3.05, 3.63) is 0 Å². The number of aliphatic imine (C=N–C) groups is 1. The first-order chi connectivity index (χ1) is 4.07. The van der Waals surface area contributed by atoms with Gasteiger partial charge in [-0.2, -0.15) is 0 Å². The van der Waals surface area contributed by atoms with Gasteiger partial charge < -0.3 is 10.2 Å². The second-order valence-electron chi connectivity index (χ2n) is 2.18. The van der Waals surface area contributed by atoms with Crippen LogP contribution in [-0.2, 0) is 4.79 Å². The highest BCUT2D eigenvalue weighted by Crippen LogP contribution is 2.21. The van der Waals surface area contributed by atoms with Crippen molar-refractivity contribution in [2.24, 2.45) is 4.99 Å². The molecular weight excluding hydrogens is 122 g/mol. The quantitative estimate of drug-likeness (QED) is 0.490. The first-order valence-corrected chi connectivity index (χ1v) is 2.54. The van der Waals surface area contributed by atoms with E-state index in [-0.39, 0.29) is 0 Å². The lowest BCUT2D eigenvalue weighted by atomic mass is 9.91. The third kappa shape index (κ3) is 0.632. The van der Waals surface area contributed by atoms with E-state index in [1.807, 2.05) is 0 Å². The van der Waals surface area contributed by atoms with Gasteiger partial charge in [0, 0.05) is 6.21 Å². The Morgan fingerprint density at radius 2 is 2.44 bits per heavy atom. The van der Waals surface area contributed by atoms with Crippen LogP contribution in [0.5, 0.6) is 0 Å². The van der Waals surface area contributed by atoms with Gasteiger partial charge in [0.1, 0.15) is 6.10 Å². The predicted octanol–water partition coefficient (Wildman–Crippen LogP) is -0.725. The largest absolute Gasteiger partial charge is 0.479 e. The van der Waals surface area contributed by atoms with E-state index in [0.29, 0.717) is 0 Å². The standard InChI is InChI=1S/C5H7NO3/c1-5(4(8)9)3(7)2-6-5/h2-3,7H,1H3,(H,8,9). The number of aliphatic hydroxyl groups is 1. The Morgan fingerprint density at radius 3 is 2.44 bits per heavy atom. The molecule has 50 valence electrons. The molecule has 0 saturated heterocycles. The Hall–Kier alpha value is -0.900. The maximum atomic E-state index is 10.2. The number of carboxylic acids is 1. The number of hydrogen-bond donors (Lipinski definition) is 2. The minimum Gasteiger partial charge on any atom is -0.479 e. The smallest absolute Gasteiger partial charge is 0.334 e. The SMILES string of the molecule is CC1(C(=O)O)N=CC1O. The van der Waals surface area contributed by atoms with Crippen LogP contribution < -0.4 is 0 Å². The number of carboxylic acid groups (broad SMARTS) is 1. The highest BCUT2D eigenvalue weighted by atomic mass is 16.4. The summed E-state index contributed by atoms with van der Waals surface area (Å²) in [6.45, 7) is 1.38. The molecule has 0 aliphatic carbocycles. The molecule has 0 aromatic rings. The molecule has 0 radical (unpaired) electrons. The van der Waals surface area contributed by atoms with Gasteiger partial charge in [-0.05, 0) is 6.92 Å². The van der Waals surface area contributed by atoms with Crippen LogP contribution in [0.4, 0.5) is 0 Å². The molecule has 0 amide bonds. The Balaban J connectivity index is 2.79. The van der Waals surface area contributed by atoms with Crippen molar-refractivity contribution < 1.29 is 15.0 Å². The van der Waals surface area contributed by atoms with Crippen LogP contribution in [0, 0.1) is 0 Å². The highest BCUT2D eigenvalue weighted by molar-refractivity contribution is 5.92. The summed E-state index contributed by atoms with van der Waals surface area (Å²) in [6.07, 6.45) is 0.295. The number of carbonyl (C=O) groups is 1. The van der Waals surface area contributed by atoms with Gasteiger partial charge in [-0.15, -0.1) is 0 Å². The van der Waals surface area contributed by atoms with Gasteiger partial charge in [-0.3, -0.25) is 4.99 Å². The van der Waals surface area contributed by atoms with Gasteiger partial charge in [0.2, 0.25) is 0 Å². The molecule has 2 atom stereocenters. The van der Waals surface area contributed by atoms with Crippen LogP contribution in [0.25, 0.3) is 0 Å².